The van der Waals surface area contributed by atoms with Gasteiger partial charge < -0.3 is 0 Å². The molecule has 0 aliphatic carbocycles. The van der Waals surface area contributed by atoms with Crippen LogP contribution in [0, 0.1) is 0 Å². The molecule has 1 aromatic carbocycles. The number of rotatable bonds is 0. The fourth-order valence-corrected chi connectivity index (χ4v) is 2.43. The number of anilines is 1. The van der Waals surface area contributed by atoms with Crippen molar-refractivity contribution in [1.82, 2.24) is 0 Å². The van der Waals surface area contributed by atoms with Gasteiger partial charge in [0.15, 0.2) is 0 Å². The monoisotopic (exact) mass is 329 g/mol. The van der Waals surface area contributed by atoms with Crippen molar-refractivity contribution in [2.75, 3.05) is 5.32 Å². The molecule has 1 aliphatic heterocycles. The molecule has 1 aliphatic rings. The summed E-state index contributed by atoms with van der Waals surface area (Å²) in [5, 5.41) is 3.48. The Balaban J connectivity index is 2.37. The van der Waals surface area contributed by atoms with Gasteiger partial charge in [-0.1, -0.05) is 0 Å². The van der Waals surface area contributed by atoms with E-state index in [9.17, 15) is 0 Å². The molecule has 0 atom stereocenters. The van der Waals surface area contributed by atoms with Gasteiger partial charge in [-0.05, 0) is 0 Å². The summed E-state index contributed by atoms with van der Waals surface area (Å²) in [7, 11) is 0. The molecular formula is C10H11NW. The molecule has 1 aromatic rings. The fourth-order valence-electron chi connectivity index (χ4n) is 1.51. The molecule has 1 nitrogen and oxygen atoms in total. The van der Waals surface area contributed by atoms with E-state index in [1.165, 1.54) is 34.5 Å². The third-order valence-electron chi connectivity index (χ3n) is 2.14. The van der Waals surface area contributed by atoms with Gasteiger partial charge in [0.2, 0.25) is 0 Å². The van der Waals surface area contributed by atoms with Crippen LogP contribution in [-0.2, 0) is 25.8 Å². The van der Waals surface area contributed by atoms with E-state index in [0.29, 0.717) is 0 Å². The number of para-hydroxylation sites is 1. The third kappa shape index (κ3) is 1.66. The molecule has 2 rings (SSSR count). The van der Waals surface area contributed by atoms with Gasteiger partial charge in [0, 0.05) is 0 Å². The molecule has 0 fully saturated rings. The Bertz CT molecular complexity index is 306. The normalized spacial score (nSPS) is 16.2. The van der Waals surface area contributed by atoms with Gasteiger partial charge in [0.05, 0.1) is 0 Å². The second-order valence-corrected chi connectivity index (χ2v) is 4.83. The number of hydrogen-bond donors (Lipinski definition) is 1. The number of aryl methyl sites for hydroxylation is 1. The number of benzene rings is 1. The van der Waals surface area contributed by atoms with Crippen LogP contribution >= 0.6 is 0 Å². The molecular weight excluding hydrogens is 318 g/mol. The zero-order valence-corrected chi connectivity index (χ0v) is 9.77. The molecule has 0 radical (unpaired) electrons. The molecule has 0 amide bonds. The Morgan fingerprint density at radius 2 is 2.00 bits per heavy atom. The Labute approximate surface area is 83.6 Å². The zero-order chi connectivity index (χ0) is 8.39. The van der Waals surface area contributed by atoms with Crippen LogP contribution < -0.4 is 5.32 Å². The van der Waals surface area contributed by atoms with Gasteiger partial charge in [-0.3, -0.25) is 0 Å². The van der Waals surface area contributed by atoms with Gasteiger partial charge in [0.25, 0.3) is 0 Å². The molecule has 0 spiro atoms. The van der Waals surface area contributed by atoms with E-state index in [2.05, 4.69) is 29.6 Å². The summed E-state index contributed by atoms with van der Waals surface area (Å²) >= 11 is 1.57. The van der Waals surface area contributed by atoms with E-state index >= 15 is 0 Å². The van der Waals surface area contributed by atoms with Crippen LogP contribution in [0.2, 0.25) is 0 Å². The average molecular weight is 329 g/mol. The molecule has 2 heteroatoms. The van der Waals surface area contributed by atoms with Gasteiger partial charge >= 0.3 is 83.5 Å². The molecule has 1 N–H and O–H groups in total. The summed E-state index contributed by atoms with van der Waals surface area (Å²) in [5.41, 5.74) is 2.79. The van der Waals surface area contributed by atoms with E-state index in [4.69, 9.17) is 0 Å². The Morgan fingerprint density at radius 3 is 2.92 bits per heavy atom. The van der Waals surface area contributed by atoms with E-state index in [1.54, 1.807) is 19.4 Å². The van der Waals surface area contributed by atoms with E-state index in [1.807, 2.05) is 0 Å². The van der Waals surface area contributed by atoms with Crippen LogP contribution in [0.4, 0.5) is 5.69 Å². The minimum atomic E-state index is 1.22. The molecule has 0 bridgehead atoms. The molecule has 62 valence electrons. The standard InChI is InChI=1S/C10H11N.W/c1-2-7-10-9(5-1)6-3-4-8-11-10;/h1-2,5,7,11H,3-4,6H2;. The number of hydrogen-bond acceptors (Lipinski definition) is 1. The molecule has 0 saturated heterocycles. The Kier molecular flexibility index (Phi) is 2.41. The first-order valence-electron chi connectivity index (χ1n) is 4.24. The molecule has 12 heavy (non-hydrogen) atoms. The summed E-state index contributed by atoms with van der Waals surface area (Å²) in [4.78, 5) is 0. The summed E-state index contributed by atoms with van der Waals surface area (Å²) in [5.74, 6) is 0. The van der Waals surface area contributed by atoms with Crippen LogP contribution in [-0.4, -0.2) is 4.02 Å². The van der Waals surface area contributed by atoms with Crippen molar-refractivity contribution in [3.63, 3.8) is 0 Å². The van der Waals surface area contributed by atoms with Crippen LogP contribution in [0.1, 0.15) is 18.4 Å². The first-order chi connectivity index (χ1) is 5.86. The quantitative estimate of drug-likeness (QED) is 0.769. The summed E-state index contributed by atoms with van der Waals surface area (Å²) in [6, 6.07) is 8.60. The first-order valence-corrected chi connectivity index (χ1v) is 5.71. The topological polar surface area (TPSA) is 12.0 Å². The Hall–Kier alpha value is -0.422. The second kappa shape index (κ2) is 3.53. The van der Waals surface area contributed by atoms with Crippen LogP contribution in [0.15, 0.2) is 24.3 Å². The predicted octanol–water partition coefficient (Wildman–Crippen LogP) is 2.11. The van der Waals surface area contributed by atoms with Gasteiger partial charge in [0.1, 0.15) is 0 Å². The van der Waals surface area contributed by atoms with Crippen LogP contribution in [0.5, 0.6) is 0 Å². The van der Waals surface area contributed by atoms with Crippen molar-refractivity contribution < 1.29 is 19.4 Å². The predicted molar refractivity (Wildman–Crippen MR) is 48.0 cm³/mol. The van der Waals surface area contributed by atoms with E-state index in [0.717, 1.165) is 0 Å². The third-order valence-corrected chi connectivity index (χ3v) is 3.24. The van der Waals surface area contributed by atoms with E-state index < -0.39 is 0 Å². The fraction of sp³-hybridized carbons (Fsp3) is 0.300. The van der Waals surface area contributed by atoms with Crippen molar-refractivity contribution in [2.24, 2.45) is 0 Å². The van der Waals surface area contributed by atoms with Gasteiger partial charge in [-0.15, -0.1) is 0 Å². The van der Waals surface area contributed by atoms with Gasteiger partial charge in [-0.25, -0.2) is 0 Å². The Morgan fingerprint density at radius 1 is 1.17 bits per heavy atom. The van der Waals surface area contributed by atoms with Crippen molar-refractivity contribution in [3.05, 3.63) is 29.8 Å². The summed E-state index contributed by atoms with van der Waals surface area (Å²) in [6.45, 7) is 0. The second-order valence-electron chi connectivity index (χ2n) is 3.06. The molecule has 0 unspecified atom stereocenters. The first kappa shape index (κ1) is 8.19. The van der Waals surface area contributed by atoms with Crippen molar-refractivity contribution in [3.8, 4) is 0 Å². The van der Waals surface area contributed by atoms with Crippen LogP contribution in [0.25, 0.3) is 0 Å². The summed E-state index contributed by atoms with van der Waals surface area (Å²) < 4.78 is 1.47. The minimum absolute atomic E-state index is 1.22. The van der Waals surface area contributed by atoms with Crippen molar-refractivity contribution in [2.45, 2.75) is 19.3 Å². The SMILES string of the molecule is [W]=[C]1CCCc2ccccc2N1. The van der Waals surface area contributed by atoms with Gasteiger partial charge in [-0.2, -0.15) is 0 Å². The zero-order valence-electron chi connectivity index (χ0n) is 6.84. The van der Waals surface area contributed by atoms with Crippen LogP contribution in [0.3, 0.4) is 0 Å². The number of nitrogens with one attached hydrogen (secondary N) is 1. The van der Waals surface area contributed by atoms with Crippen molar-refractivity contribution in [1.29, 1.82) is 0 Å². The molecule has 0 saturated carbocycles. The molecule has 1 heterocycles. The van der Waals surface area contributed by atoms with E-state index in [-0.39, 0.29) is 0 Å². The maximum atomic E-state index is 3.48. The van der Waals surface area contributed by atoms with Crippen molar-refractivity contribution >= 4 is 9.71 Å². The molecule has 0 aromatic heterocycles. The number of fused-ring (bicyclic) bond motifs is 1. The maximum absolute atomic E-state index is 3.48. The summed E-state index contributed by atoms with van der Waals surface area (Å²) in [6.07, 6.45) is 3.76. The average Bonchev–Trinajstić information content (AvgIpc) is 2.25.